The number of carbonyl (C=O) groups is 1. The maximum atomic E-state index is 13.7. The quantitative estimate of drug-likeness (QED) is 0.831. The van der Waals surface area contributed by atoms with E-state index in [1.807, 2.05) is 0 Å². The molecule has 1 unspecified atom stereocenters. The Hall–Kier alpha value is -1.88. The lowest BCUT2D eigenvalue weighted by Crippen LogP contribution is -2.25. The molecule has 1 N–H and O–H groups in total. The van der Waals surface area contributed by atoms with Gasteiger partial charge in [-0.15, -0.1) is 6.58 Å². The van der Waals surface area contributed by atoms with Crippen molar-refractivity contribution in [2.75, 3.05) is 18.1 Å². The zero-order chi connectivity index (χ0) is 13.1. The first-order valence-electron chi connectivity index (χ1n) is 5.64. The molecule has 1 heterocycles. The highest BCUT2D eigenvalue weighted by molar-refractivity contribution is 5.89. The predicted octanol–water partition coefficient (Wildman–Crippen LogP) is 1.87. The van der Waals surface area contributed by atoms with Crippen molar-refractivity contribution in [1.29, 1.82) is 0 Å². The van der Waals surface area contributed by atoms with Gasteiger partial charge in [-0.25, -0.2) is 9.18 Å². The van der Waals surface area contributed by atoms with Gasteiger partial charge < -0.3 is 9.84 Å². The number of carbonyl (C=O) groups excluding carboxylic acids is 1. The van der Waals surface area contributed by atoms with Crippen molar-refractivity contribution in [2.45, 2.75) is 12.5 Å². The van der Waals surface area contributed by atoms with Crippen LogP contribution in [0.3, 0.4) is 0 Å². The fourth-order valence-corrected chi connectivity index (χ4v) is 1.85. The van der Waals surface area contributed by atoms with Crippen molar-refractivity contribution in [3.63, 3.8) is 0 Å². The molecular formula is C13H14FNO3. The molecule has 5 heteroatoms. The van der Waals surface area contributed by atoms with Crippen LogP contribution in [0.5, 0.6) is 0 Å². The van der Waals surface area contributed by atoms with E-state index in [9.17, 15) is 9.18 Å². The Balaban J connectivity index is 2.21. The molecule has 2 rings (SSSR count). The summed E-state index contributed by atoms with van der Waals surface area (Å²) in [5, 5.41) is 8.93. The maximum Gasteiger partial charge on any atom is 0.414 e. The molecular weight excluding hydrogens is 237 g/mol. The summed E-state index contributed by atoms with van der Waals surface area (Å²) in [5.41, 5.74) is 0.960. The summed E-state index contributed by atoms with van der Waals surface area (Å²) in [6.45, 7) is 3.55. The Labute approximate surface area is 104 Å². The third-order valence-electron chi connectivity index (χ3n) is 2.79. The van der Waals surface area contributed by atoms with Gasteiger partial charge in [-0.2, -0.15) is 0 Å². The summed E-state index contributed by atoms with van der Waals surface area (Å²) < 4.78 is 18.6. The number of halogens is 1. The van der Waals surface area contributed by atoms with Crippen LogP contribution < -0.4 is 4.90 Å². The Morgan fingerprint density at radius 1 is 1.61 bits per heavy atom. The molecule has 0 spiro atoms. The van der Waals surface area contributed by atoms with Crippen LogP contribution in [0.1, 0.15) is 5.56 Å². The molecule has 0 bridgehead atoms. The van der Waals surface area contributed by atoms with E-state index in [4.69, 9.17) is 9.84 Å². The van der Waals surface area contributed by atoms with Crippen molar-refractivity contribution in [3.8, 4) is 0 Å². The molecule has 1 aliphatic heterocycles. The summed E-state index contributed by atoms with van der Waals surface area (Å²) in [4.78, 5) is 12.8. The van der Waals surface area contributed by atoms with Gasteiger partial charge in [0, 0.05) is 0 Å². The smallest absolute Gasteiger partial charge is 0.414 e. The van der Waals surface area contributed by atoms with Gasteiger partial charge in [0.25, 0.3) is 0 Å². The summed E-state index contributed by atoms with van der Waals surface area (Å²) in [6, 6.07) is 4.56. The van der Waals surface area contributed by atoms with Gasteiger partial charge in [0.2, 0.25) is 0 Å². The number of rotatable bonds is 4. The number of benzene rings is 1. The molecule has 1 atom stereocenters. The molecule has 18 heavy (non-hydrogen) atoms. The number of ether oxygens (including phenoxy) is 1. The largest absolute Gasteiger partial charge is 0.441 e. The second-order valence-electron chi connectivity index (χ2n) is 4.07. The number of amides is 1. The number of aliphatic hydroxyl groups is 1. The summed E-state index contributed by atoms with van der Waals surface area (Å²) in [6.07, 6.45) is 0.943. The van der Waals surface area contributed by atoms with Crippen molar-refractivity contribution < 1.29 is 19.0 Å². The first-order valence-corrected chi connectivity index (χ1v) is 5.64. The van der Waals surface area contributed by atoms with Crippen LogP contribution in [0, 0.1) is 5.82 Å². The van der Waals surface area contributed by atoms with Gasteiger partial charge in [-0.05, 0) is 24.1 Å². The van der Waals surface area contributed by atoms with Crippen molar-refractivity contribution in [1.82, 2.24) is 0 Å². The summed E-state index contributed by atoms with van der Waals surface area (Å²) in [7, 11) is 0. The van der Waals surface area contributed by atoms with Gasteiger partial charge in [0.05, 0.1) is 18.8 Å². The first-order chi connectivity index (χ1) is 8.65. The highest BCUT2D eigenvalue weighted by Gasteiger charge is 2.32. The Bertz CT molecular complexity index is 475. The van der Waals surface area contributed by atoms with Gasteiger partial charge in [0.15, 0.2) is 0 Å². The zero-order valence-electron chi connectivity index (χ0n) is 9.80. The molecule has 1 aromatic carbocycles. The number of hydrogen-bond acceptors (Lipinski definition) is 3. The molecule has 96 valence electrons. The molecule has 1 aromatic rings. The average Bonchev–Trinajstić information content (AvgIpc) is 2.73. The molecule has 0 aliphatic carbocycles. The molecule has 1 fully saturated rings. The molecule has 4 nitrogen and oxygen atoms in total. The van der Waals surface area contributed by atoms with E-state index < -0.39 is 12.2 Å². The molecule has 0 radical (unpaired) electrons. The lowest BCUT2D eigenvalue weighted by Gasteiger charge is -2.13. The maximum absolute atomic E-state index is 13.7. The van der Waals surface area contributed by atoms with Gasteiger partial charge >= 0.3 is 6.09 Å². The number of nitrogens with zero attached hydrogens (tertiary/aromatic N) is 1. The third kappa shape index (κ3) is 2.36. The van der Waals surface area contributed by atoms with Gasteiger partial charge in [-0.1, -0.05) is 12.1 Å². The van der Waals surface area contributed by atoms with E-state index >= 15 is 0 Å². The topological polar surface area (TPSA) is 49.8 Å². The Morgan fingerprint density at radius 2 is 2.39 bits per heavy atom. The number of anilines is 1. The highest BCUT2D eigenvalue weighted by Crippen LogP contribution is 2.24. The van der Waals surface area contributed by atoms with Crippen LogP contribution in [0.25, 0.3) is 0 Å². The SMILES string of the molecule is C=CCc1ccc(N2CC(CO)OC2=O)cc1F. The molecule has 1 saturated heterocycles. The second kappa shape index (κ2) is 5.18. The molecule has 0 saturated carbocycles. The van der Waals surface area contributed by atoms with Crippen LogP contribution in [0.2, 0.25) is 0 Å². The minimum absolute atomic E-state index is 0.232. The van der Waals surface area contributed by atoms with Crippen LogP contribution in [0.4, 0.5) is 14.9 Å². The van der Waals surface area contributed by atoms with Crippen molar-refractivity contribution in [2.24, 2.45) is 0 Å². The van der Waals surface area contributed by atoms with E-state index in [1.54, 1.807) is 18.2 Å². The number of cyclic esters (lactones) is 1. The lowest BCUT2D eigenvalue weighted by molar-refractivity contribution is 0.0963. The minimum atomic E-state index is -0.565. The number of allylic oxidation sites excluding steroid dienone is 1. The number of aliphatic hydroxyl groups excluding tert-OH is 1. The molecule has 1 aliphatic rings. The fraction of sp³-hybridized carbons (Fsp3) is 0.308. The van der Waals surface area contributed by atoms with Gasteiger partial charge in [-0.3, -0.25) is 4.90 Å². The van der Waals surface area contributed by atoms with Crippen LogP contribution in [-0.4, -0.2) is 30.5 Å². The summed E-state index contributed by atoms with van der Waals surface area (Å²) in [5.74, 6) is -0.382. The first kappa shape index (κ1) is 12.6. The molecule has 0 aromatic heterocycles. The second-order valence-corrected chi connectivity index (χ2v) is 4.07. The standard InChI is InChI=1S/C13H14FNO3/c1-2-3-9-4-5-10(6-12(9)14)15-7-11(8-16)18-13(15)17/h2,4-6,11,16H,1,3,7-8H2. The van der Waals surface area contributed by atoms with Gasteiger partial charge in [0.1, 0.15) is 11.9 Å². The van der Waals surface area contributed by atoms with Crippen molar-refractivity contribution in [3.05, 3.63) is 42.2 Å². The highest BCUT2D eigenvalue weighted by atomic mass is 19.1. The van der Waals surface area contributed by atoms with Crippen LogP contribution in [0.15, 0.2) is 30.9 Å². The van der Waals surface area contributed by atoms with Crippen molar-refractivity contribution >= 4 is 11.8 Å². The predicted molar refractivity (Wildman–Crippen MR) is 65.0 cm³/mol. The monoisotopic (exact) mass is 251 g/mol. The lowest BCUT2D eigenvalue weighted by atomic mass is 10.1. The summed E-state index contributed by atoms with van der Waals surface area (Å²) >= 11 is 0. The van der Waals surface area contributed by atoms with Crippen LogP contribution >= 0.6 is 0 Å². The zero-order valence-corrected chi connectivity index (χ0v) is 9.80. The van der Waals surface area contributed by atoms with E-state index in [1.165, 1.54) is 11.0 Å². The minimum Gasteiger partial charge on any atom is -0.441 e. The Kier molecular flexibility index (Phi) is 3.62. The van der Waals surface area contributed by atoms with Crippen LogP contribution in [-0.2, 0) is 11.2 Å². The van der Waals surface area contributed by atoms with E-state index in [2.05, 4.69) is 6.58 Å². The average molecular weight is 251 g/mol. The normalized spacial score (nSPS) is 18.9. The fourth-order valence-electron chi connectivity index (χ4n) is 1.85. The van der Waals surface area contributed by atoms with E-state index in [0.717, 1.165) is 0 Å². The molecule has 1 amide bonds. The van der Waals surface area contributed by atoms with E-state index in [0.29, 0.717) is 17.7 Å². The number of hydrogen-bond donors (Lipinski definition) is 1. The third-order valence-corrected chi connectivity index (χ3v) is 2.79. The van der Waals surface area contributed by atoms with E-state index in [-0.39, 0.29) is 19.0 Å². The Morgan fingerprint density at radius 3 is 2.94 bits per heavy atom.